The molecule has 21 heavy (non-hydrogen) atoms. The Morgan fingerprint density at radius 2 is 1.86 bits per heavy atom. The molecule has 0 N–H and O–H groups in total. The highest BCUT2D eigenvalue weighted by Crippen LogP contribution is 2.27. The third kappa shape index (κ3) is 8.25. The Kier molecular flexibility index (Phi) is 11.1. The first kappa shape index (κ1) is 19.3. The summed E-state index contributed by atoms with van der Waals surface area (Å²) in [5, 5.41) is 0. The van der Waals surface area contributed by atoms with E-state index in [2.05, 4.69) is 31.9 Å². The quantitative estimate of drug-likeness (QED) is 0.342. The third-order valence-electron chi connectivity index (χ3n) is 2.54. The first-order chi connectivity index (χ1) is 10.1. The van der Waals surface area contributed by atoms with E-state index in [1.165, 1.54) is 11.8 Å². The van der Waals surface area contributed by atoms with Crippen LogP contribution in [0, 0.1) is 0 Å². The molecular weight excluding hydrogens is 282 g/mol. The highest BCUT2D eigenvalue weighted by molar-refractivity contribution is 8.07. The van der Waals surface area contributed by atoms with Crippen LogP contribution in [0.3, 0.4) is 0 Å². The normalized spacial score (nSPS) is 12.3. The van der Waals surface area contributed by atoms with Gasteiger partial charge in [-0.15, -0.1) is 0 Å². The average Bonchev–Trinajstić information content (AvgIpc) is 2.49. The van der Waals surface area contributed by atoms with Gasteiger partial charge in [0.1, 0.15) is 0 Å². The minimum atomic E-state index is -0.330. The maximum atomic E-state index is 12.0. The predicted molar refractivity (Wildman–Crippen MR) is 92.8 cm³/mol. The van der Waals surface area contributed by atoms with Gasteiger partial charge in [0.15, 0.2) is 0 Å². The average molecular weight is 307 g/mol. The van der Waals surface area contributed by atoms with Crippen LogP contribution in [0.4, 0.5) is 0 Å². The fourth-order valence-electron chi connectivity index (χ4n) is 1.42. The smallest absolute Gasteiger partial charge is 0.344 e. The van der Waals surface area contributed by atoms with Crippen LogP contribution in [-0.2, 0) is 9.53 Å². The molecule has 0 aromatic rings. The van der Waals surface area contributed by atoms with E-state index in [1.807, 2.05) is 12.3 Å². The zero-order chi connectivity index (χ0) is 16.1. The second-order valence-corrected chi connectivity index (χ2v) is 5.04. The Balaban J connectivity index is 5.13. The summed E-state index contributed by atoms with van der Waals surface area (Å²) in [6, 6.07) is 0. The zero-order valence-corrected chi connectivity index (χ0v) is 14.0. The molecule has 0 aliphatic heterocycles. The highest BCUT2D eigenvalue weighted by atomic mass is 32.2. The molecule has 0 aromatic carbocycles. The Morgan fingerprint density at radius 3 is 2.33 bits per heavy atom. The van der Waals surface area contributed by atoms with Crippen LogP contribution < -0.4 is 0 Å². The summed E-state index contributed by atoms with van der Waals surface area (Å²) in [7, 11) is 0. The van der Waals surface area contributed by atoms with Gasteiger partial charge in [0.25, 0.3) is 0 Å². The summed E-state index contributed by atoms with van der Waals surface area (Å²) in [6.07, 6.45) is 10.7. The molecule has 0 fully saturated rings. The van der Waals surface area contributed by atoms with Crippen LogP contribution in [0.25, 0.3) is 0 Å². The van der Waals surface area contributed by atoms with Crippen molar-refractivity contribution in [2.45, 2.75) is 20.8 Å². The van der Waals surface area contributed by atoms with Crippen LogP contribution in [0.2, 0.25) is 0 Å². The predicted octanol–water partition coefficient (Wildman–Crippen LogP) is 4.28. The highest BCUT2D eigenvalue weighted by Gasteiger charge is 2.11. The van der Waals surface area contributed by atoms with Crippen LogP contribution in [-0.4, -0.2) is 30.6 Å². The summed E-state index contributed by atoms with van der Waals surface area (Å²) in [5.41, 5.74) is 0. The van der Waals surface area contributed by atoms with Crippen LogP contribution in [0.15, 0.2) is 59.5 Å². The number of esters is 1. The van der Waals surface area contributed by atoms with E-state index >= 15 is 0 Å². The van der Waals surface area contributed by atoms with E-state index in [-0.39, 0.29) is 5.97 Å². The third-order valence-corrected chi connectivity index (χ3v) is 3.61. The molecule has 0 amide bonds. The standard InChI is InChI=1S/C17H25NO2S/c1-6-12-15(7-2)21-16(17(19)20-10-5)13-11-14-18(8-3)9-4/h6-7,11-14H,1-2,8-10H2,3-5H3/b14-11+,15-12+,16-13+. The van der Waals surface area contributed by atoms with E-state index < -0.39 is 0 Å². The molecule has 0 aliphatic rings. The van der Waals surface area contributed by atoms with Crippen molar-refractivity contribution in [3.8, 4) is 0 Å². The molecular formula is C17H25NO2S. The van der Waals surface area contributed by atoms with Crippen LogP contribution in [0.5, 0.6) is 0 Å². The summed E-state index contributed by atoms with van der Waals surface area (Å²) in [4.78, 5) is 15.5. The SMILES string of the molecule is C=C/C=C(\C=C)S/C(=C/C=C/N(CC)CC)C(=O)OCC. The Bertz CT molecular complexity index is 432. The van der Waals surface area contributed by atoms with E-state index in [0.717, 1.165) is 18.0 Å². The molecule has 0 unspecified atom stereocenters. The number of nitrogens with zero attached hydrogens (tertiary/aromatic N) is 1. The molecule has 0 atom stereocenters. The Hall–Kier alpha value is -1.68. The van der Waals surface area contributed by atoms with Gasteiger partial charge in [0.05, 0.1) is 11.5 Å². The molecule has 0 heterocycles. The van der Waals surface area contributed by atoms with E-state index in [1.54, 1.807) is 31.2 Å². The summed E-state index contributed by atoms with van der Waals surface area (Å²) < 4.78 is 5.07. The molecule has 0 saturated carbocycles. The molecule has 0 aliphatic carbocycles. The number of hydrogen-bond acceptors (Lipinski definition) is 4. The maximum Gasteiger partial charge on any atom is 0.344 e. The van der Waals surface area contributed by atoms with Crippen molar-refractivity contribution in [1.29, 1.82) is 0 Å². The molecule has 0 spiro atoms. The number of carbonyl (C=O) groups excluding carboxylic acids is 1. The van der Waals surface area contributed by atoms with Crippen molar-refractivity contribution < 1.29 is 9.53 Å². The van der Waals surface area contributed by atoms with Gasteiger partial charge in [-0.3, -0.25) is 0 Å². The van der Waals surface area contributed by atoms with E-state index in [0.29, 0.717) is 11.5 Å². The van der Waals surface area contributed by atoms with Crippen molar-refractivity contribution in [3.05, 3.63) is 59.5 Å². The van der Waals surface area contributed by atoms with Gasteiger partial charge < -0.3 is 9.64 Å². The summed E-state index contributed by atoms with van der Waals surface area (Å²) in [5.74, 6) is -0.330. The first-order valence-corrected chi connectivity index (χ1v) is 7.87. The molecule has 0 bridgehead atoms. The minimum absolute atomic E-state index is 0.330. The minimum Gasteiger partial charge on any atom is -0.462 e. The van der Waals surface area contributed by atoms with E-state index in [9.17, 15) is 4.79 Å². The number of hydrogen-bond donors (Lipinski definition) is 0. The molecule has 0 saturated heterocycles. The maximum absolute atomic E-state index is 12.0. The van der Waals surface area contributed by atoms with Gasteiger partial charge in [0, 0.05) is 18.0 Å². The number of allylic oxidation sites excluding steroid dienone is 5. The molecule has 0 aromatic heterocycles. The lowest BCUT2D eigenvalue weighted by atomic mass is 10.4. The molecule has 116 valence electrons. The Labute approximate surface area is 132 Å². The second kappa shape index (κ2) is 12.1. The molecule has 4 heteroatoms. The van der Waals surface area contributed by atoms with Gasteiger partial charge >= 0.3 is 5.97 Å². The lowest BCUT2D eigenvalue weighted by Crippen LogP contribution is -2.14. The van der Waals surface area contributed by atoms with Crippen molar-refractivity contribution in [1.82, 2.24) is 4.90 Å². The monoisotopic (exact) mass is 307 g/mol. The molecule has 3 nitrogen and oxygen atoms in total. The first-order valence-electron chi connectivity index (χ1n) is 7.05. The zero-order valence-electron chi connectivity index (χ0n) is 13.2. The summed E-state index contributed by atoms with van der Waals surface area (Å²) >= 11 is 1.32. The van der Waals surface area contributed by atoms with Gasteiger partial charge in [-0.05, 0) is 45.2 Å². The van der Waals surface area contributed by atoms with Crippen molar-refractivity contribution in [2.24, 2.45) is 0 Å². The number of ether oxygens (including phenoxy) is 1. The fourth-order valence-corrected chi connectivity index (χ4v) is 2.21. The topological polar surface area (TPSA) is 29.5 Å². The number of carbonyl (C=O) groups is 1. The summed E-state index contributed by atoms with van der Waals surface area (Å²) in [6.45, 7) is 15.5. The second-order valence-electron chi connectivity index (χ2n) is 3.93. The lowest BCUT2D eigenvalue weighted by molar-refractivity contribution is -0.137. The van der Waals surface area contributed by atoms with Crippen molar-refractivity contribution in [3.63, 3.8) is 0 Å². The van der Waals surface area contributed by atoms with Gasteiger partial charge in [-0.25, -0.2) is 4.79 Å². The number of rotatable bonds is 10. The van der Waals surface area contributed by atoms with Gasteiger partial charge in [0.2, 0.25) is 0 Å². The van der Waals surface area contributed by atoms with E-state index in [4.69, 9.17) is 4.74 Å². The van der Waals surface area contributed by atoms with Gasteiger partial charge in [-0.2, -0.15) is 0 Å². The number of thioether (sulfide) groups is 1. The van der Waals surface area contributed by atoms with Gasteiger partial charge in [-0.1, -0.05) is 37.1 Å². The fraction of sp³-hybridized carbons (Fsp3) is 0.353. The van der Waals surface area contributed by atoms with Crippen LogP contribution in [0.1, 0.15) is 20.8 Å². The van der Waals surface area contributed by atoms with Crippen molar-refractivity contribution in [2.75, 3.05) is 19.7 Å². The Morgan fingerprint density at radius 1 is 1.19 bits per heavy atom. The van der Waals surface area contributed by atoms with Crippen LogP contribution >= 0.6 is 11.8 Å². The molecule has 0 radical (unpaired) electrons. The van der Waals surface area contributed by atoms with Crippen molar-refractivity contribution >= 4 is 17.7 Å². The lowest BCUT2D eigenvalue weighted by Gasteiger charge is -2.14. The molecule has 0 rings (SSSR count). The largest absolute Gasteiger partial charge is 0.462 e.